The van der Waals surface area contributed by atoms with Crippen LogP contribution in [0.5, 0.6) is 0 Å². The fourth-order valence-electron chi connectivity index (χ4n) is 2.46. The van der Waals surface area contributed by atoms with E-state index >= 15 is 0 Å². The molecule has 1 aliphatic rings. The van der Waals surface area contributed by atoms with E-state index in [1.165, 1.54) is 0 Å². The fraction of sp³-hybridized carbons (Fsp3) is 1.00. The SMILES string of the molecule is CN(C)CC(C)(O)CN1CC(C(C)(C)C)C1. The van der Waals surface area contributed by atoms with Crippen LogP contribution in [-0.2, 0) is 0 Å². The second-order valence-electron chi connectivity index (χ2n) is 6.99. The summed E-state index contributed by atoms with van der Waals surface area (Å²) >= 11 is 0. The number of likely N-dealkylation sites (tertiary alicyclic amines) is 1. The monoisotopic (exact) mass is 228 g/mol. The largest absolute Gasteiger partial charge is 0.388 e. The molecule has 0 radical (unpaired) electrons. The molecule has 0 amide bonds. The van der Waals surface area contributed by atoms with Gasteiger partial charge in [0, 0.05) is 26.2 Å². The Morgan fingerprint density at radius 3 is 2.06 bits per heavy atom. The van der Waals surface area contributed by atoms with Gasteiger partial charge in [0.05, 0.1) is 5.60 Å². The van der Waals surface area contributed by atoms with Gasteiger partial charge in [0.1, 0.15) is 0 Å². The van der Waals surface area contributed by atoms with Crippen LogP contribution in [-0.4, -0.2) is 60.8 Å². The molecule has 0 aromatic carbocycles. The quantitative estimate of drug-likeness (QED) is 0.785. The zero-order valence-corrected chi connectivity index (χ0v) is 11.7. The zero-order chi connectivity index (χ0) is 12.6. The summed E-state index contributed by atoms with van der Waals surface area (Å²) in [4.78, 5) is 4.40. The third kappa shape index (κ3) is 4.04. The number of hydrogen-bond donors (Lipinski definition) is 1. The number of nitrogens with zero attached hydrogens (tertiary/aromatic N) is 2. The summed E-state index contributed by atoms with van der Waals surface area (Å²) in [6.07, 6.45) is 0. The van der Waals surface area contributed by atoms with Gasteiger partial charge >= 0.3 is 0 Å². The van der Waals surface area contributed by atoms with Gasteiger partial charge in [-0.1, -0.05) is 20.8 Å². The Labute approximate surface area is 100 Å². The molecule has 96 valence electrons. The van der Waals surface area contributed by atoms with Crippen LogP contribution in [0.15, 0.2) is 0 Å². The molecule has 1 heterocycles. The van der Waals surface area contributed by atoms with E-state index in [2.05, 4.69) is 25.7 Å². The second kappa shape index (κ2) is 4.63. The highest BCUT2D eigenvalue weighted by Gasteiger charge is 2.38. The minimum Gasteiger partial charge on any atom is -0.388 e. The fourth-order valence-corrected chi connectivity index (χ4v) is 2.46. The molecule has 1 aliphatic heterocycles. The average molecular weight is 228 g/mol. The lowest BCUT2D eigenvalue weighted by Crippen LogP contribution is -2.58. The van der Waals surface area contributed by atoms with Crippen molar-refractivity contribution < 1.29 is 5.11 Å². The van der Waals surface area contributed by atoms with Gasteiger partial charge in [0.2, 0.25) is 0 Å². The Morgan fingerprint density at radius 2 is 1.69 bits per heavy atom. The minimum atomic E-state index is -0.591. The minimum absolute atomic E-state index is 0.407. The molecule has 3 heteroatoms. The first-order chi connectivity index (χ1) is 7.10. The van der Waals surface area contributed by atoms with E-state index in [0.29, 0.717) is 5.41 Å². The maximum atomic E-state index is 10.2. The normalized spacial score (nSPS) is 23.2. The van der Waals surface area contributed by atoms with Crippen LogP contribution in [0.4, 0.5) is 0 Å². The molecule has 0 saturated carbocycles. The first kappa shape index (κ1) is 13.9. The molecule has 1 N–H and O–H groups in total. The Hall–Kier alpha value is -0.120. The zero-order valence-electron chi connectivity index (χ0n) is 11.7. The number of aliphatic hydroxyl groups is 1. The summed E-state index contributed by atoms with van der Waals surface area (Å²) in [6.45, 7) is 12.6. The van der Waals surface area contributed by atoms with E-state index in [-0.39, 0.29) is 0 Å². The van der Waals surface area contributed by atoms with E-state index in [9.17, 15) is 5.11 Å². The Morgan fingerprint density at radius 1 is 1.19 bits per heavy atom. The highest BCUT2D eigenvalue weighted by atomic mass is 16.3. The Kier molecular flexibility index (Phi) is 4.04. The molecular formula is C13H28N2O. The maximum absolute atomic E-state index is 10.2. The third-order valence-corrected chi connectivity index (χ3v) is 3.40. The Bertz CT molecular complexity index is 225. The van der Waals surface area contributed by atoms with Crippen LogP contribution in [0.25, 0.3) is 0 Å². The molecule has 1 rings (SSSR count). The molecule has 0 aromatic heterocycles. The van der Waals surface area contributed by atoms with Crippen molar-refractivity contribution in [1.29, 1.82) is 0 Å². The highest BCUT2D eigenvalue weighted by molar-refractivity contribution is 4.91. The van der Waals surface area contributed by atoms with Gasteiger partial charge in [-0.2, -0.15) is 0 Å². The standard InChI is InChI=1S/C13H28N2O/c1-12(2,3)11-7-15(8-11)10-13(4,16)9-14(5)6/h11,16H,7-10H2,1-6H3. The topological polar surface area (TPSA) is 26.7 Å². The lowest BCUT2D eigenvalue weighted by Gasteiger charge is -2.48. The van der Waals surface area contributed by atoms with Crippen molar-refractivity contribution in [3.05, 3.63) is 0 Å². The van der Waals surface area contributed by atoms with Crippen molar-refractivity contribution in [3.63, 3.8) is 0 Å². The molecule has 1 fully saturated rings. The van der Waals surface area contributed by atoms with Crippen molar-refractivity contribution in [2.45, 2.75) is 33.3 Å². The van der Waals surface area contributed by atoms with E-state index in [1.54, 1.807) is 0 Å². The van der Waals surface area contributed by atoms with Gasteiger partial charge in [0.25, 0.3) is 0 Å². The van der Waals surface area contributed by atoms with Crippen LogP contribution in [0.1, 0.15) is 27.7 Å². The summed E-state index contributed by atoms with van der Waals surface area (Å²) in [5.41, 5.74) is -0.184. The molecule has 0 aliphatic carbocycles. The van der Waals surface area contributed by atoms with E-state index < -0.39 is 5.60 Å². The van der Waals surface area contributed by atoms with Gasteiger partial charge in [-0.15, -0.1) is 0 Å². The molecule has 1 saturated heterocycles. The molecule has 3 nitrogen and oxygen atoms in total. The third-order valence-electron chi connectivity index (χ3n) is 3.40. The molecular weight excluding hydrogens is 200 g/mol. The summed E-state index contributed by atoms with van der Waals surface area (Å²) in [6, 6.07) is 0. The van der Waals surface area contributed by atoms with Crippen LogP contribution >= 0.6 is 0 Å². The first-order valence-corrected chi connectivity index (χ1v) is 6.20. The van der Waals surface area contributed by atoms with E-state index in [1.807, 2.05) is 25.9 Å². The molecule has 16 heavy (non-hydrogen) atoms. The Balaban J connectivity index is 2.32. The summed E-state index contributed by atoms with van der Waals surface area (Å²) < 4.78 is 0. The van der Waals surface area contributed by atoms with Gasteiger partial charge in [0.15, 0.2) is 0 Å². The van der Waals surface area contributed by atoms with Crippen molar-refractivity contribution in [3.8, 4) is 0 Å². The summed E-state index contributed by atoms with van der Waals surface area (Å²) in [5, 5.41) is 10.2. The van der Waals surface area contributed by atoms with Crippen LogP contribution in [0, 0.1) is 11.3 Å². The molecule has 0 bridgehead atoms. The maximum Gasteiger partial charge on any atom is 0.0871 e. The van der Waals surface area contributed by atoms with E-state index in [4.69, 9.17) is 0 Å². The van der Waals surface area contributed by atoms with Crippen molar-refractivity contribution >= 4 is 0 Å². The van der Waals surface area contributed by atoms with Crippen molar-refractivity contribution in [2.24, 2.45) is 11.3 Å². The second-order valence-corrected chi connectivity index (χ2v) is 6.99. The number of rotatable bonds is 4. The summed E-state index contributed by atoms with van der Waals surface area (Å²) in [5.74, 6) is 0.780. The number of likely N-dealkylation sites (N-methyl/N-ethyl adjacent to an activating group) is 1. The molecule has 1 unspecified atom stereocenters. The van der Waals surface area contributed by atoms with Crippen LogP contribution < -0.4 is 0 Å². The predicted molar refractivity (Wildman–Crippen MR) is 68.6 cm³/mol. The van der Waals surface area contributed by atoms with Gasteiger partial charge < -0.3 is 10.0 Å². The highest BCUT2D eigenvalue weighted by Crippen LogP contribution is 2.34. The van der Waals surface area contributed by atoms with Gasteiger partial charge in [-0.3, -0.25) is 4.90 Å². The molecule has 1 atom stereocenters. The molecule has 0 spiro atoms. The smallest absolute Gasteiger partial charge is 0.0871 e. The lowest BCUT2D eigenvalue weighted by atomic mass is 9.75. The molecule has 0 aromatic rings. The van der Waals surface area contributed by atoms with Crippen molar-refractivity contribution in [1.82, 2.24) is 9.80 Å². The number of hydrogen-bond acceptors (Lipinski definition) is 3. The van der Waals surface area contributed by atoms with Crippen LogP contribution in [0.3, 0.4) is 0 Å². The van der Waals surface area contributed by atoms with Gasteiger partial charge in [-0.25, -0.2) is 0 Å². The lowest BCUT2D eigenvalue weighted by molar-refractivity contribution is -0.0533. The first-order valence-electron chi connectivity index (χ1n) is 6.20. The number of β-amino-alcohol motifs (C(OH)–C–C–N with tert-alkyl or cyclic N) is 1. The van der Waals surface area contributed by atoms with Gasteiger partial charge in [-0.05, 0) is 32.4 Å². The average Bonchev–Trinajstić information content (AvgIpc) is 1.90. The van der Waals surface area contributed by atoms with Crippen molar-refractivity contribution in [2.75, 3.05) is 40.3 Å². The summed E-state index contributed by atoms with van der Waals surface area (Å²) in [7, 11) is 4.01. The van der Waals surface area contributed by atoms with Crippen LogP contribution in [0.2, 0.25) is 0 Å². The predicted octanol–water partition coefficient (Wildman–Crippen LogP) is 1.28. The van der Waals surface area contributed by atoms with E-state index in [0.717, 1.165) is 32.1 Å².